The Morgan fingerprint density at radius 1 is 0.224 bits per heavy atom. The fourth-order valence-corrected chi connectivity index (χ4v) is 9.08. The van der Waals surface area contributed by atoms with Crippen LogP contribution in [-0.4, -0.2) is 12.6 Å². The summed E-state index contributed by atoms with van der Waals surface area (Å²) < 4.78 is 5.49. The zero-order chi connectivity index (χ0) is 41.8. The van der Waals surface area contributed by atoms with Gasteiger partial charge in [-0.1, -0.05) is 328 Å². The maximum Gasteiger partial charge on any atom is 0.305 e. The highest BCUT2D eigenvalue weighted by molar-refractivity contribution is 5.69. The van der Waals surface area contributed by atoms with Crippen LogP contribution >= 0.6 is 0 Å². The van der Waals surface area contributed by atoms with Crippen molar-refractivity contribution in [3.05, 3.63) is 0 Å². The third kappa shape index (κ3) is 53.5. The molecule has 0 aromatic carbocycles. The second-order valence-electron chi connectivity index (χ2n) is 19.3. The Morgan fingerprint density at radius 2 is 0.379 bits per heavy atom. The molecule has 0 heterocycles. The first-order chi connectivity index (χ1) is 28.8. The van der Waals surface area contributed by atoms with Crippen LogP contribution in [-0.2, 0) is 9.53 Å². The highest BCUT2D eigenvalue weighted by Crippen LogP contribution is 2.18. The summed E-state index contributed by atoms with van der Waals surface area (Å²) in [5.41, 5.74) is 0. The minimum atomic E-state index is 0.0333. The number of ether oxygens (including phenoxy) is 1. The molecule has 0 rings (SSSR count). The number of carbonyl (C=O) groups excluding carboxylic acids is 1. The lowest BCUT2D eigenvalue weighted by molar-refractivity contribution is -0.143. The molecule has 0 aromatic rings. The third-order valence-corrected chi connectivity index (χ3v) is 13.2. The summed E-state index contributed by atoms with van der Waals surface area (Å²) in [5.74, 6) is 0.0333. The highest BCUT2D eigenvalue weighted by atomic mass is 16.5. The predicted molar refractivity (Wildman–Crippen MR) is 262 cm³/mol. The number of hydrogen-bond donors (Lipinski definition) is 0. The van der Waals surface area contributed by atoms with Gasteiger partial charge in [0.1, 0.15) is 0 Å². The van der Waals surface area contributed by atoms with Crippen molar-refractivity contribution in [3.8, 4) is 0 Å². The molecule has 0 aliphatic heterocycles. The van der Waals surface area contributed by atoms with Gasteiger partial charge in [0.25, 0.3) is 0 Å². The molecule has 0 fully saturated rings. The average molecular weight is 818 g/mol. The van der Waals surface area contributed by atoms with Crippen molar-refractivity contribution in [1.29, 1.82) is 0 Å². The molecule has 0 saturated carbocycles. The zero-order valence-corrected chi connectivity index (χ0v) is 40.8. The fraction of sp³-hybridized carbons (Fsp3) is 0.982. The molecule has 2 nitrogen and oxygen atoms in total. The summed E-state index contributed by atoms with van der Waals surface area (Å²) in [7, 11) is 0. The van der Waals surface area contributed by atoms with E-state index in [4.69, 9.17) is 4.74 Å². The van der Waals surface area contributed by atoms with Crippen LogP contribution in [0, 0.1) is 0 Å². The fourth-order valence-electron chi connectivity index (χ4n) is 9.08. The van der Waals surface area contributed by atoms with Gasteiger partial charge in [-0.15, -0.1) is 0 Å². The molecule has 0 bridgehead atoms. The zero-order valence-electron chi connectivity index (χ0n) is 40.8. The van der Waals surface area contributed by atoms with Crippen molar-refractivity contribution in [3.63, 3.8) is 0 Å². The van der Waals surface area contributed by atoms with E-state index in [1.165, 1.54) is 315 Å². The Hall–Kier alpha value is -0.530. The molecular weight excluding hydrogens is 705 g/mol. The van der Waals surface area contributed by atoms with Gasteiger partial charge in [0.15, 0.2) is 0 Å². The van der Waals surface area contributed by atoms with Crippen molar-refractivity contribution in [2.24, 2.45) is 0 Å². The van der Waals surface area contributed by atoms with Gasteiger partial charge in [-0.3, -0.25) is 4.79 Å². The molecular formula is C56H112O2. The second kappa shape index (κ2) is 54.5. The second-order valence-corrected chi connectivity index (χ2v) is 19.3. The summed E-state index contributed by atoms with van der Waals surface area (Å²) in [6.07, 6.45) is 72.9. The van der Waals surface area contributed by atoms with Crippen LogP contribution in [0.3, 0.4) is 0 Å². The Labute approximate surface area is 368 Å². The summed E-state index contributed by atoms with van der Waals surface area (Å²) in [6, 6.07) is 0. The van der Waals surface area contributed by atoms with E-state index in [9.17, 15) is 4.79 Å². The molecule has 0 spiro atoms. The van der Waals surface area contributed by atoms with E-state index in [0.29, 0.717) is 13.0 Å². The molecule has 0 N–H and O–H groups in total. The molecule has 0 aliphatic carbocycles. The lowest BCUT2D eigenvalue weighted by Gasteiger charge is -2.06. The van der Waals surface area contributed by atoms with Crippen LogP contribution < -0.4 is 0 Å². The van der Waals surface area contributed by atoms with Crippen LogP contribution in [0.4, 0.5) is 0 Å². The van der Waals surface area contributed by atoms with Gasteiger partial charge in [-0.25, -0.2) is 0 Å². The van der Waals surface area contributed by atoms with E-state index >= 15 is 0 Å². The van der Waals surface area contributed by atoms with Gasteiger partial charge in [-0.2, -0.15) is 0 Å². The Bertz CT molecular complexity index is 717. The first-order valence-electron chi connectivity index (χ1n) is 28.0. The summed E-state index contributed by atoms with van der Waals surface area (Å²) >= 11 is 0. The van der Waals surface area contributed by atoms with Gasteiger partial charge in [0, 0.05) is 6.42 Å². The molecule has 0 aliphatic rings. The van der Waals surface area contributed by atoms with Crippen molar-refractivity contribution in [2.75, 3.05) is 6.61 Å². The monoisotopic (exact) mass is 817 g/mol. The van der Waals surface area contributed by atoms with E-state index in [-0.39, 0.29) is 5.97 Å². The molecule has 0 amide bonds. The molecule has 0 saturated heterocycles. The number of unbranched alkanes of at least 4 members (excludes halogenated alkanes) is 49. The van der Waals surface area contributed by atoms with Crippen molar-refractivity contribution < 1.29 is 9.53 Å². The summed E-state index contributed by atoms with van der Waals surface area (Å²) in [4.78, 5) is 12.0. The standard InChI is InChI=1S/C56H112O2/c1-3-5-7-9-11-13-15-17-19-20-21-22-23-24-25-26-27-28-29-30-31-32-33-34-35-36-37-38-39-41-43-45-47-49-51-53-55-58-56(57)54-52-50-48-46-44-42-40-18-16-14-12-10-8-6-4-2/h3-55H2,1-2H3. The Balaban J connectivity index is 3.12. The van der Waals surface area contributed by atoms with Crippen molar-refractivity contribution in [2.45, 2.75) is 348 Å². The van der Waals surface area contributed by atoms with Crippen molar-refractivity contribution >= 4 is 5.97 Å². The lowest BCUT2D eigenvalue weighted by Crippen LogP contribution is -2.05. The van der Waals surface area contributed by atoms with Crippen molar-refractivity contribution in [1.82, 2.24) is 0 Å². The van der Waals surface area contributed by atoms with Gasteiger partial charge >= 0.3 is 5.97 Å². The quantitative estimate of drug-likeness (QED) is 0.0451. The molecule has 348 valence electrons. The number of esters is 1. The van der Waals surface area contributed by atoms with Gasteiger partial charge in [0.2, 0.25) is 0 Å². The number of carbonyl (C=O) groups is 1. The predicted octanol–water partition coefficient (Wildman–Crippen LogP) is 20.9. The van der Waals surface area contributed by atoms with Crippen LogP contribution in [0.5, 0.6) is 0 Å². The molecule has 0 radical (unpaired) electrons. The largest absolute Gasteiger partial charge is 0.466 e. The van der Waals surface area contributed by atoms with Gasteiger partial charge in [0.05, 0.1) is 6.61 Å². The first-order valence-corrected chi connectivity index (χ1v) is 28.0. The lowest BCUT2D eigenvalue weighted by atomic mass is 10.0. The van der Waals surface area contributed by atoms with E-state index in [2.05, 4.69) is 13.8 Å². The van der Waals surface area contributed by atoms with E-state index in [0.717, 1.165) is 12.8 Å². The summed E-state index contributed by atoms with van der Waals surface area (Å²) in [5, 5.41) is 0. The molecule has 2 heteroatoms. The highest BCUT2D eigenvalue weighted by Gasteiger charge is 2.03. The molecule has 0 atom stereocenters. The van der Waals surface area contributed by atoms with E-state index in [1.54, 1.807) is 0 Å². The van der Waals surface area contributed by atoms with Crippen LogP contribution in [0.25, 0.3) is 0 Å². The third-order valence-electron chi connectivity index (χ3n) is 13.2. The smallest absolute Gasteiger partial charge is 0.305 e. The first kappa shape index (κ1) is 57.5. The maximum atomic E-state index is 12.0. The summed E-state index contributed by atoms with van der Waals surface area (Å²) in [6.45, 7) is 5.24. The minimum absolute atomic E-state index is 0.0333. The van der Waals surface area contributed by atoms with Crippen LogP contribution in [0.2, 0.25) is 0 Å². The van der Waals surface area contributed by atoms with Crippen LogP contribution in [0.15, 0.2) is 0 Å². The topological polar surface area (TPSA) is 26.3 Å². The van der Waals surface area contributed by atoms with Gasteiger partial charge < -0.3 is 4.74 Å². The van der Waals surface area contributed by atoms with E-state index < -0.39 is 0 Å². The SMILES string of the molecule is CCCCCCCCCCCCCCCCCCCCCCCCCCCCCCCCCCCCCCOC(=O)CCCCCCCCCCCCCCCCC. The average Bonchev–Trinajstić information content (AvgIpc) is 3.23. The number of rotatable bonds is 53. The molecule has 58 heavy (non-hydrogen) atoms. The van der Waals surface area contributed by atoms with Crippen LogP contribution in [0.1, 0.15) is 348 Å². The number of hydrogen-bond acceptors (Lipinski definition) is 2. The Kier molecular flexibility index (Phi) is 54.0. The molecule has 0 unspecified atom stereocenters. The van der Waals surface area contributed by atoms with E-state index in [1.807, 2.05) is 0 Å². The normalized spacial score (nSPS) is 11.6. The minimum Gasteiger partial charge on any atom is -0.466 e. The Morgan fingerprint density at radius 3 is 0.569 bits per heavy atom. The molecule has 0 aromatic heterocycles. The maximum absolute atomic E-state index is 12.0. The van der Waals surface area contributed by atoms with Gasteiger partial charge in [-0.05, 0) is 12.8 Å².